The number of nitrogens with zero attached hydrogens (tertiary/aromatic N) is 3. The van der Waals surface area contributed by atoms with Crippen LogP contribution in [0.3, 0.4) is 0 Å². The first kappa shape index (κ1) is 20.4. The van der Waals surface area contributed by atoms with E-state index in [1.54, 1.807) is 16.8 Å². The van der Waals surface area contributed by atoms with Crippen LogP contribution in [0.4, 0.5) is 0 Å². The molecule has 1 N–H and O–H groups in total. The minimum absolute atomic E-state index is 0. The summed E-state index contributed by atoms with van der Waals surface area (Å²) in [7, 11) is 1.72. The predicted molar refractivity (Wildman–Crippen MR) is 107 cm³/mol. The molecule has 2 aromatic rings. The fourth-order valence-electron chi connectivity index (χ4n) is 3.81. The second-order valence-electron chi connectivity index (χ2n) is 7.41. The Balaban J connectivity index is 0.00000225. The van der Waals surface area contributed by atoms with Crippen LogP contribution in [0.2, 0.25) is 0 Å². The molecule has 150 valence electrons. The van der Waals surface area contributed by atoms with E-state index >= 15 is 0 Å². The Morgan fingerprint density at radius 1 is 1.29 bits per heavy atom. The van der Waals surface area contributed by atoms with Gasteiger partial charge in [0.2, 0.25) is 11.8 Å². The Kier molecular flexibility index (Phi) is 6.36. The summed E-state index contributed by atoms with van der Waals surface area (Å²) in [4.78, 5) is 28.2. The summed E-state index contributed by atoms with van der Waals surface area (Å²) < 4.78 is 5.38. The average Bonchev–Trinajstić information content (AvgIpc) is 3.27. The number of rotatable bonds is 5. The van der Waals surface area contributed by atoms with Crippen LogP contribution in [-0.4, -0.2) is 59.0 Å². The minimum atomic E-state index is -0.0983. The number of hydrogen-bond donors (Lipinski definition) is 1. The van der Waals surface area contributed by atoms with Crippen molar-refractivity contribution in [3.05, 3.63) is 42.2 Å². The molecular weight excluding hydrogens is 380 g/mol. The summed E-state index contributed by atoms with van der Waals surface area (Å²) in [5.41, 5.74) is 1.72. The third kappa shape index (κ3) is 4.54. The van der Waals surface area contributed by atoms with Crippen LogP contribution < -0.4 is 5.32 Å². The van der Waals surface area contributed by atoms with Crippen molar-refractivity contribution in [2.75, 3.05) is 20.1 Å². The van der Waals surface area contributed by atoms with Gasteiger partial charge in [-0.1, -0.05) is 35.5 Å². The van der Waals surface area contributed by atoms with E-state index in [-0.39, 0.29) is 36.8 Å². The molecule has 1 aromatic carbocycles. The molecule has 0 spiro atoms. The fourth-order valence-corrected chi connectivity index (χ4v) is 3.81. The molecule has 0 saturated carbocycles. The number of carbonyl (C=O) groups excluding carboxylic acids is 2. The van der Waals surface area contributed by atoms with Gasteiger partial charge in [-0.05, 0) is 12.8 Å². The smallest absolute Gasteiger partial charge is 0.242 e. The van der Waals surface area contributed by atoms with Crippen LogP contribution in [-0.2, 0) is 16.1 Å². The highest BCUT2D eigenvalue weighted by Crippen LogP contribution is 2.22. The summed E-state index contributed by atoms with van der Waals surface area (Å²) in [5.74, 6) is 0.578. The van der Waals surface area contributed by atoms with Crippen molar-refractivity contribution < 1.29 is 14.1 Å². The molecule has 2 aliphatic heterocycles. The molecule has 2 atom stereocenters. The van der Waals surface area contributed by atoms with Crippen molar-refractivity contribution >= 4 is 24.2 Å². The number of nitrogens with one attached hydrogen (secondary N) is 1. The molecule has 0 unspecified atom stereocenters. The summed E-state index contributed by atoms with van der Waals surface area (Å²) in [6, 6.07) is 12.2. The zero-order valence-corrected chi connectivity index (χ0v) is 16.7. The van der Waals surface area contributed by atoms with Crippen molar-refractivity contribution in [3.8, 4) is 11.3 Å². The predicted octanol–water partition coefficient (Wildman–Crippen LogP) is 2.07. The van der Waals surface area contributed by atoms with E-state index < -0.39 is 0 Å². The van der Waals surface area contributed by atoms with Gasteiger partial charge in [0, 0.05) is 43.7 Å². The van der Waals surface area contributed by atoms with Gasteiger partial charge in [-0.25, -0.2) is 0 Å². The highest BCUT2D eigenvalue weighted by molar-refractivity contribution is 5.85. The molecule has 8 heteroatoms. The van der Waals surface area contributed by atoms with E-state index in [2.05, 4.69) is 10.5 Å². The topological polar surface area (TPSA) is 78.7 Å². The first-order chi connectivity index (χ1) is 13.1. The van der Waals surface area contributed by atoms with Gasteiger partial charge in [-0.15, -0.1) is 12.4 Å². The van der Waals surface area contributed by atoms with Gasteiger partial charge in [0.15, 0.2) is 5.76 Å². The quantitative estimate of drug-likeness (QED) is 0.825. The maximum atomic E-state index is 12.6. The van der Waals surface area contributed by atoms with Crippen molar-refractivity contribution in [3.63, 3.8) is 0 Å². The maximum Gasteiger partial charge on any atom is 0.242 e. The third-order valence-corrected chi connectivity index (χ3v) is 5.32. The van der Waals surface area contributed by atoms with Crippen LogP contribution in [0, 0.1) is 0 Å². The zero-order chi connectivity index (χ0) is 18.8. The summed E-state index contributed by atoms with van der Waals surface area (Å²) in [5, 5.41) is 7.54. The maximum absolute atomic E-state index is 12.6. The van der Waals surface area contributed by atoms with Gasteiger partial charge in [-0.2, -0.15) is 0 Å². The minimum Gasteiger partial charge on any atom is -0.359 e. The molecule has 1 aromatic heterocycles. The SMILES string of the molecule is CN(Cc1cc(-c2ccccc2)no1)C(=O)CN1C[C@@H]2CC[C@H](CC1=O)N2.Cl. The van der Waals surface area contributed by atoms with Gasteiger partial charge >= 0.3 is 0 Å². The van der Waals surface area contributed by atoms with E-state index in [4.69, 9.17) is 4.52 Å². The van der Waals surface area contributed by atoms with Crippen LogP contribution >= 0.6 is 12.4 Å². The molecular formula is C20H25ClN4O3. The zero-order valence-electron chi connectivity index (χ0n) is 15.8. The standard InChI is InChI=1S/C20H24N4O3.ClH/c1-23(12-17-10-18(22-27-17)14-5-3-2-4-6-14)20(26)13-24-11-16-8-7-15(21-16)9-19(24)25;/h2-6,10,15-16,21H,7-9,11-13H2,1H3;1H/t15-,16+;/m1./s1. The van der Waals surface area contributed by atoms with Crippen LogP contribution in [0.5, 0.6) is 0 Å². The van der Waals surface area contributed by atoms with Crippen molar-refractivity contribution in [1.29, 1.82) is 0 Å². The molecule has 3 heterocycles. The van der Waals surface area contributed by atoms with Crippen molar-refractivity contribution in [1.82, 2.24) is 20.3 Å². The van der Waals surface area contributed by atoms with E-state index in [0.29, 0.717) is 31.3 Å². The third-order valence-electron chi connectivity index (χ3n) is 5.32. The number of fused-ring (bicyclic) bond motifs is 2. The lowest BCUT2D eigenvalue weighted by molar-refractivity contribution is -0.140. The number of halogens is 1. The lowest BCUT2D eigenvalue weighted by Crippen LogP contribution is -2.44. The number of aromatic nitrogens is 1. The second kappa shape index (κ2) is 8.75. The molecule has 4 rings (SSSR count). The van der Waals surface area contributed by atoms with E-state index in [1.807, 2.05) is 36.4 Å². The largest absolute Gasteiger partial charge is 0.359 e. The normalized spacial score (nSPS) is 21.2. The number of likely N-dealkylation sites (tertiary alicyclic amines) is 1. The number of likely N-dealkylation sites (N-methyl/N-ethyl adjacent to an activating group) is 1. The van der Waals surface area contributed by atoms with E-state index in [1.165, 1.54) is 0 Å². The highest BCUT2D eigenvalue weighted by atomic mass is 35.5. The van der Waals surface area contributed by atoms with Gasteiger partial charge in [0.05, 0.1) is 13.1 Å². The Morgan fingerprint density at radius 2 is 2.04 bits per heavy atom. The van der Waals surface area contributed by atoms with Gasteiger partial charge < -0.3 is 19.6 Å². The Labute approximate surface area is 170 Å². The molecule has 2 saturated heterocycles. The molecule has 28 heavy (non-hydrogen) atoms. The Hall–Kier alpha value is -2.38. The van der Waals surface area contributed by atoms with Crippen LogP contribution in [0.25, 0.3) is 11.3 Å². The molecule has 2 amide bonds. The lowest BCUT2D eigenvalue weighted by Gasteiger charge is -2.26. The summed E-state index contributed by atoms with van der Waals surface area (Å²) in [6.45, 7) is 1.04. The van der Waals surface area contributed by atoms with Gasteiger partial charge in [0.1, 0.15) is 5.69 Å². The van der Waals surface area contributed by atoms with Gasteiger partial charge in [0.25, 0.3) is 0 Å². The number of amides is 2. The molecule has 0 radical (unpaired) electrons. The Morgan fingerprint density at radius 3 is 2.82 bits per heavy atom. The van der Waals surface area contributed by atoms with Gasteiger partial charge in [-0.3, -0.25) is 9.59 Å². The number of benzene rings is 1. The second-order valence-corrected chi connectivity index (χ2v) is 7.41. The van der Waals surface area contributed by atoms with Crippen LogP contribution in [0.1, 0.15) is 25.0 Å². The summed E-state index contributed by atoms with van der Waals surface area (Å²) >= 11 is 0. The molecule has 0 aliphatic carbocycles. The first-order valence-electron chi connectivity index (χ1n) is 9.37. The molecule has 2 fully saturated rings. The fraction of sp³-hybridized carbons (Fsp3) is 0.450. The highest BCUT2D eigenvalue weighted by Gasteiger charge is 2.34. The lowest BCUT2D eigenvalue weighted by atomic mass is 10.1. The van der Waals surface area contributed by atoms with Crippen LogP contribution in [0.15, 0.2) is 40.9 Å². The first-order valence-corrected chi connectivity index (χ1v) is 9.37. The Bertz CT molecular complexity index is 826. The van der Waals surface area contributed by atoms with E-state index in [9.17, 15) is 9.59 Å². The number of hydrogen-bond acceptors (Lipinski definition) is 5. The monoisotopic (exact) mass is 404 g/mol. The van der Waals surface area contributed by atoms with Crippen molar-refractivity contribution in [2.45, 2.75) is 37.9 Å². The van der Waals surface area contributed by atoms with E-state index in [0.717, 1.165) is 24.1 Å². The molecule has 2 bridgehead atoms. The average molecular weight is 405 g/mol. The summed E-state index contributed by atoms with van der Waals surface area (Å²) in [6.07, 6.45) is 2.60. The number of carbonyl (C=O) groups is 2. The molecule has 2 aliphatic rings. The molecule has 7 nitrogen and oxygen atoms in total. The van der Waals surface area contributed by atoms with Crippen molar-refractivity contribution in [2.24, 2.45) is 0 Å².